The number of carbonyl (C=O) groups excluding carboxylic acids is 2. The van der Waals surface area contributed by atoms with Crippen molar-refractivity contribution in [1.29, 1.82) is 0 Å². The van der Waals surface area contributed by atoms with Crippen molar-refractivity contribution in [2.45, 2.75) is 12.5 Å². The molecule has 3 aromatic carbocycles. The Balaban J connectivity index is 1.37. The van der Waals surface area contributed by atoms with Gasteiger partial charge < -0.3 is 15.2 Å². The molecule has 2 amide bonds. The number of aromatic nitrogens is 5. The fourth-order valence-corrected chi connectivity index (χ4v) is 4.20. The lowest BCUT2D eigenvalue weighted by Gasteiger charge is -2.17. The number of halogens is 2. The third kappa shape index (κ3) is 5.72. The Bertz CT molecular complexity index is 1620. The van der Waals surface area contributed by atoms with Crippen LogP contribution in [0.15, 0.2) is 83.7 Å². The number of hydrogen-bond acceptors (Lipinski definition) is 7. The molecule has 0 aliphatic heterocycles. The molecule has 5 rings (SSSR count). The molecule has 38 heavy (non-hydrogen) atoms. The van der Waals surface area contributed by atoms with Gasteiger partial charge in [-0.3, -0.25) is 9.59 Å². The highest BCUT2D eigenvalue weighted by Gasteiger charge is 2.23. The van der Waals surface area contributed by atoms with Crippen LogP contribution in [-0.2, 0) is 16.0 Å². The van der Waals surface area contributed by atoms with Gasteiger partial charge in [0.1, 0.15) is 12.4 Å². The molecule has 10 nitrogen and oxygen atoms in total. The van der Waals surface area contributed by atoms with Gasteiger partial charge in [0.15, 0.2) is 11.4 Å². The molecule has 12 heteroatoms. The van der Waals surface area contributed by atoms with E-state index >= 15 is 0 Å². The van der Waals surface area contributed by atoms with Gasteiger partial charge in [-0.15, -0.1) is 5.10 Å². The summed E-state index contributed by atoms with van der Waals surface area (Å²) >= 11 is 12.3. The molecule has 5 aromatic rings. The maximum Gasteiger partial charge on any atom is 0.248 e. The highest BCUT2D eigenvalue weighted by molar-refractivity contribution is 6.35. The van der Waals surface area contributed by atoms with Crippen molar-refractivity contribution in [1.82, 2.24) is 30.7 Å². The molecule has 0 saturated carbocycles. The molecule has 1 unspecified atom stereocenters. The summed E-state index contributed by atoms with van der Waals surface area (Å²) in [6, 6.07) is 18.6. The maximum absolute atomic E-state index is 13.3. The van der Waals surface area contributed by atoms with Crippen LogP contribution >= 0.6 is 23.2 Å². The Hall–Kier alpha value is -4.54. The summed E-state index contributed by atoms with van der Waals surface area (Å²) in [5.74, 6) is -0.750. The predicted octanol–water partition coefficient (Wildman–Crippen LogP) is 4.49. The number of rotatable bonds is 8. The van der Waals surface area contributed by atoms with Gasteiger partial charge in [-0.05, 0) is 52.4 Å². The van der Waals surface area contributed by atoms with E-state index in [0.717, 1.165) is 5.56 Å². The van der Waals surface area contributed by atoms with Crippen LogP contribution in [0.5, 0.6) is 0 Å². The lowest BCUT2D eigenvalue weighted by atomic mass is 10.0. The topological polar surface area (TPSA) is 128 Å². The molecule has 0 fully saturated rings. The number of nitrogens with zero attached hydrogens (tertiary/aromatic N) is 5. The van der Waals surface area contributed by atoms with Gasteiger partial charge in [0.2, 0.25) is 11.8 Å². The van der Waals surface area contributed by atoms with Crippen molar-refractivity contribution in [2.75, 3.05) is 5.32 Å². The second kappa shape index (κ2) is 11.2. The zero-order valence-corrected chi connectivity index (χ0v) is 21.1. The van der Waals surface area contributed by atoms with Crippen molar-refractivity contribution in [2.24, 2.45) is 0 Å². The molecular weight excluding hydrogens is 529 g/mol. The standard InChI is InChI=1S/C26H19Cl2N7O3/c27-18-10-11-22(35-15-29-33-34-35)17(14-18)9-12-23(36)30-21(13-16-5-2-1-3-6-16)26(37)31-25-19-7-4-8-20(28)24(19)38-32-25/h1-12,14-15,21H,13H2,(H,30,36)(H,31,32,37). The van der Waals surface area contributed by atoms with Crippen molar-refractivity contribution < 1.29 is 14.1 Å². The van der Waals surface area contributed by atoms with Crippen LogP contribution in [-0.4, -0.2) is 43.2 Å². The first-order chi connectivity index (χ1) is 18.5. The van der Waals surface area contributed by atoms with Crippen LogP contribution in [0.3, 0.4) is 0 Å². The lowest BCUT2D eigenvalue weighted by molar-refractivity contribution is -0.123. The Morgan fingerprint density at radius 2 is 1.89 bits per heavy atom. The number of anilines is 1. The van der Waals surface area contributed by atoms with Gasteiger partial charge in [0.25, 0.3) is 0 Å². The first-order valence-electron chi connectivity index (χ1n) is 11.4. The molecule has 0 spiro atoms. The number of nitrogens with one attached hydrogen (secondary N) is 2. The van der Waals surface area contributed by atoms with Crippen LogP contribution in [0.25, 0.3) is 22.7 Å². The minimum Gasteiger partial charge on any atom is -0.352 e. The Morgan fingerprint density at radius 1 is 1.05 bits per heavy atom. The molecule has 0 aliphatic rings. The van der Waals surface area contributed by atoms with E-state index in [9.17, 15) is 9.59 Å². The quantitative estimate of drug-likeness (QED) is 0.274. The summed E-state index contributed by atoms with van der Waals surface area (Å²) < 4.78 is 6.73. The fraction of sp³-hybridized carbons (Fsp3) is 0.0769. The van der Waals surface area contributed by atoms with Gasteiger partial charge >= 0.3 is 0 Å². The molecule has 0 radical (unpaired) electrons. The third-order valence-corrected chi connectivity index (χ3v) is 6.14. The van der Waals surface area contributed by atoms with Crippen LogP contribution in [0.1, 0.15) is 11.1 Å². The third-order valence-electron chi connectivity index (χ3n) is 5.61. The number of tetrazole rings is 1. The largest absolute Gasteiger partial charge is 0.352 e. The number of carbonyl (C=O) groups is 2. The Kier molecular flexibility index (Phi) is 7.43. The van der Waals surface area contributed by atoms with E-state index in [-0.39, 0.29) is 12.2 Å². The van der Waals surface area contributed by atoms with Crippen LogP contribution in [0, 0.1) is 0 Å². The van der Waals surface area contributed by atoms with Crippen molar-refractivity contribution in [3.63, 3.8) is 0 Å². The minimum absolute atomic E-state index is 0.209. The van der Waals surface area contributed by atoms with Gasteiger partial charge in [-0.25, -0.2) is 0 Å². The number of benzene rings is 3. The van der Waals surface area contributed by atoms with Gasteiger partial charge in [-0.1, -0.05) is 64.8 Å². The molecule has 2 aromatic heterocycles. The second-order valence-corrected chi connectivity index (χ2v) is 9.02. The molecule has 0 saturated heterocycles. The van der Waals surface area contributed by atoms with Gasteiger partial charge in [0.05, 0.1) is 16.1 Å². The fourth-order valence-electron chi connectivity index (χ4n) is 3.81. The Labute approximate surface area is 226 Å². The van der Waals surface area contributed by atoms with Crippen molar-refractivity contribution in [3.05, 3.63) is 100 Å². The summed E-state index contributed by atoms with van der Waals surface area (Å²) in [4.78, 5) is 26.3. The maximum atomic E-state index is 13.3. The molecule has 190 valence electrons. The molecular formula is C26H19Cl2N7O3. The van der Waals surface area contributed by atoms with Crippen LogP contribution in [0.4, 0.5) is 5.82 Å². The summed E-state index contributed by atoms with van der Waals surface area (Å²) in [5.41, 5.74) is 2.45. The highest BCUT2D eigenvalue weighted by atomic mass is 35.5. The van der Waals surface area contributed by atoms with E-state index in [1.54, 1.807) is 42.5 Å². The lowest BCUT2D eigenvalue weighted by Crippen LogP contribution is -2.44. The average molecular weight is 548 g/mol. The van der Waals surface area contributed by atoms with E-state index in [2.05, 4.69) is 31.3 Å². The van der Waals surface area contributed by atoms with Crippen molar-refractivity contribution >= 4 is 57.9 Å². The molecule has 2 heterocycles. The predicted molar refractivity (Wildman–Crippen MR) is 143 cm³/mol. The average Bonchev–Trinajstić information content (AvgIpc) is 3.59. The minimum atomic E-state index is -0.918. The van der Waals surface area contributed by atoms with Gasteiger partial charge in [0, 0.05) is 23.1 Å². The Morgan fingerprint density at radius 3 is 2.68 bits per heavy atom. The van der Waals surface area contributed by atoms with Crippen LogP contribution in [0.2, 0.25) is 10.0 Å². The first-order valence-corrected chi connectivity index (χ1v) is 12.1. The zero-order valence-electron chi connectivity index (χ0n) is 19.6. The number of fused-ring (bicyclic) bond motifs is 1. The molecule has 2 N–H and O–H groups in total. The normalized spacial score (nSPS) is 12.1. The summed E-state index contributed by atoms with van der Waals surface area (Å²) in [7, 11) is 0. The number of para-hydroxylation sites is 1. The number of amides is 2. The summed E-state index contributed by atoms with van der Waals surface area (Å²) in [6.45, 7) is 0. The first kappa shape index (κ1) is 25.1. The smallest absolute Gasteiger partial charge is 0.248 e. The van der Waals surface area contributed by atoms with E-state index < -0.39 is 17.9 Å². The summed E-state index contributed by atoms with van der Waals surface area (Å²) in [6.07, 6.45) is 4.57. The second-order valence-electron chi connectivity index (χ2n) is 8.18. The monoisotopic (exact) mass is 547 g/mol. The van der Waals surface area contributed by atoms with E-state index in [4.69, 9.17) is 27.7 Å². The van der Waals surface area contributed by atoms with E-state index in [0.29, 0.717) is 32.3 Å². The van der Waals surface area contributed by atoms with E-state index in [1.807, 2.05) is 30.3 Å². The molecule has 0 bridgehead atoms. The van der Waals surface area contributed by atoms with Crippen LogP contribution < -0.4 is 10.6 Å². The number of hydrogen-bond donors (Lipinski definition) is 2. The highest BCUT2D eigenvalue weighted by Crippen LogP contribution is 2.28. The van der Waals surface area contributed by atoms with E-state index in [1.165, 1.54) is 17.1 Å². The molecule has 0 aliphatic carbocycles. The van der Waals surface area contributed by atoms with Gasteiger partial charge in [-0.2, -0.15) is 4.68 Å². The molecule has 1 atom stereocenters. The van der Waals surface area contributed by atoms with Crippen molar-refractivity contribution in [3.8, 4) is 5.69 Å². The summed E-state index contributed by atoms with van der Waals surface area (Å²) in [5, 5.41) is 22.0. The zero-order chi connectivity index (χ0) is 26.5. The SMILES string of the molecule is O=C(C=Cc1cc(Cl)ccc1-n1cnnn1)NC(Cc1ccccc1)C(=O)Nc1noc2c(Cl)cccc12.